The predicted octanol–water partition coefficient (Wildman–Crippen LogP) is 2.65. The highest BCUT2D eigenvalue weighted by molar-refractivity contribution is 5.32. The van der Waals surface area contributed by atoms with E-state index in [1.807, 2.05) is 0 Å². The Kier molecular flexibility index (Phi) is 3.16. The molecule has 2 heteroatoms. The van der Waals surface area contributed by atoms with Gasteiger partial charge in [-0.25, -0.2) is 0 Å². The molecule has 1 aromatic carbocycles. The first kappa shape index (κ1) is 12.2. The van der Waals surface area contributed by atoms with Crippen LogP contribution in [0.1, 0.15) is 43.9 Å². The van der Waals surface area contributed by atoms with Gasteiger partial charge in [0.2, 0.25) is 0 Å². The average molecular weight is 244 g/mol. The van der Waals surface area contributed by atoms with Crippen LogP contribution in [0.25, 0.3) is 0 Å². The molecule has 2 unspecified atom stereocenters. The Hall–Kier alpha value is -0.860. The van der Waals surface area contributed by atoms with Gasteiger partial charge in [-0.2, -0.15) is 0 Å². The lowest BCUT2D eigenvalue weighted by Crippen LogP contribution is -2.52. The highest BCUT2D eigenvalue weighted by Gasteiger charge is 2.38. The van der Waals surface area contributed by atoms with E-state index in [0.29, 0.717) is 17.5 Å². The van der Waals surface area contributed by atoms with Gasteiger partial charge < -0.3 is 10.6 Å². The smallest absolute Gasteiger partial charge is 0.0449 e. The number of hydrogen-bond donors (Lipinski definition) is 2. The van der Waals surface area contributed by atoms with Gasteiger partial charge in [-0.3, -0.25) is 0 Å². The Morgan fingerprint density at radius 1 is 1.33 bits per heavy atom. The molecule has 0 spiro atoms. The summed E-state index contributed by atoms with van der Waals surface area (Å²) in [6.07, 6.45) is 3.86. The van der Waals surface area contributed by atoms with E-state index in [2.05, 4.69) is 48.7 Å². The highest BCUT2D eigenvalue weighted by atomic mass is 15.0. The zero-order chi connectivity index (χ0) is 12.6. The van der Waals surface area contributed by atoms with Crippen molar-refractivity contribution in [2.24, 2.45) is 5.41 Å². The molecule has 98 valence electrons. The number of fused-ring (bicyclic) bond motifs is 1. The minimum absolute atomic E-state index is 0.492. The van der Waals surface area contributed by atoms with Crippen LogP contribution in [0.3, 0.4) is 0 Å². The van der Waals surface area contributed by atoms with Gasteiger partial charge >= 0.3 is 0 Å². The third kappa shape index (κ3) is 2.19. The van der Waals surface area contributed by atoms with E-state index in [0.717, 1.165) is 13.1 Å². The molecule has 0 radical (unpaired) electrons. The van der Waals surface area contributed by atoms with Crippen LogP contribution >= 0.6 is 0 Å². The van der Waals surface area contributed by atoms with Crippen molar-refractivity contribution in [1.29, 1.82) is 0 Å². The normalized spacial score (nSPS) is 29.4. The quantitative estimate of drug-likeness (QED) is 0.854. The molecular formula is C16H24N2. The fourth-order valence-corrected chi connectivity index (χ4v) is 3.28. The molecule has 0 amide bonds. The number of nitrogens with one attached hydrogen (secondary N) is 2. The number of rotatable bonds is 3. The van der Waals surface area contributed by atoms with Crippen molar-refractivity contribution in [3.05, 3.63) is 35.4 Å². The summed E-state index contributed by atoms with van der Waals surface area (Å²) in [4.78, 5) is 0. The summed E-state index contributed by atoms with van der Waals surface area (Å²) in [5.74, 6) is 0. The van der Waals surface area contributed by atoms with Crippen LogP contribution < -0.4 is 10.6 Å². The maximum absolute atomic E-state index is 3.76. The summed E-state index contributed by atoms with van der Waals surface area (Å²) in [6.45, 7) is 6.91. The van der Waals surface area contributed by atoms with E-state index < -0.39 is 0 Å². The maximum atomic E-state index is 3.76. The van der Waals surface area contributed by atoms with Gasteiger partial charge in [0, 0.05) is 18.6 Å². The maximum Gasteiger partial charge on any atom is 0.0449 e. The molecule has 3 rings (SSSR count). The predicted molar refractivity (Wildman–Crippen MR) is 75.7 cm³/mol. The molecule has 1 aliphatic carbocycles. The van der Waals surface area contributed by atoms with Crippen molar-refractivity contribution in [2.45, 2.75) is 45.2 Å². The molecule has 0 aromatic heterocycles. The van der Waals surface area contributed by atoms with Gasteiger partial charge in [-0.1, -0.05) is 38.1 Å². The molecule has 1 fully saturated rings. The van der Waals surface area contributed by atoms with Crippen molar-refractivity contribution < 1.29 is 0 Å². The average Bonchev–Trinajstić information content (AvgIpc) is 2.38. The molecule has 1 saturated carbocycles. The molecule has 2 atom stereocenters. The number of hydrogen-bond acceptors (Lipinski definition) is 2. The first-order valence-electron chi connectivity index (χ1n) is 7.21. The summed E-state index contributed by atoms with van der Waals surface area (Å²) in [5.41, 5.74) is 3.51. The molecule has 0 saturated heterocycles. The zero-order valence-electron chi connectivity index (χ0n) is 11.5. The lowest BCUT2D eigenvalue weighted by molar-refractivity contribution is 0.106. The SMILES string of the molecule is CC1(C)CCC1NCC1NCCc2ccccc21. The summed E-state index contributed by atoms with van der Waals surface area (Å²) < 4.78 is 0. The van der Waals surface area contributed by atoms with Gasteiger partial charge in [0.15, 0.2) is 0 Å². The Balaban J connectivity index is 1.64. The molecule has 2 nitrogen and oxygen atoms in total. The van der Waals surface area contributed by atoms with Gasteiger partial charge in [0.1, 0.15) is 0 Å². The minimum atomic E-state index is 0.492. The molecule has 1 aliphatic heterocycles. The molecule has 1 aromatic rings. The Morgan fingerprint density at radius 3 is 2.89 bits per heavy atom. The van der Waals surface area contributed by atoms with Crippen LogP contribution in [-0.4, -0.2) is 19.1 Å². The molecule has 0 bridgehead atoms. The van der Waals surface area contributed by atoms with Gasteiger partial charge in [-0.15, -0.1) is 0 Å². The molecular weight excluding hydrogens is 220 g/mol. The van der Waals surface area contributed by atoms with E-state index in [4.69, 9.17) is 0 Å². The lowest BCUT2D eigenvalue weighted by atomic mass is 9.67. The second kappa shape index (κ2) is 4.67. The fraction of sp³-hybridized carbons (Fsp3) is 0.625. The number of benzene rings is 1. The Morgan fingerprint density at radius 2 is 2.17 bits per heavy atom. The monoisotopic (exact) mass is 244 g/mol. The van der Waals surface area contributed by atoms with Crippen LogP contribution in [0.15, 0.2) is 24.3 Å². The van der Waals surface area contributed by atoms with Crippen LogP contribution in [-0.2, 0) is 6.42 Å². The van der Waals surface area contributed by atoms with E-state index in [9.17, 15) is 0 Å². The summed E-state index contributed by atoms with van der Waals surface area (Å²) in [6, 6.07) is 10.1. The second-order valence-corrected chi connectivity index (χ2v) is 6.44. The molecule has 2 aliphatic rings. The summed E-state index contributed by atoms with van der Waals surface area (Å²) >= 11 is 0. The molecule has 2 N–H and O–H groups in total. The summed E-state index contributed by atoms with van der Waals surface area (Å²) in [5, 5.41) is 7.40. The van der Waals surface area contributed by atoms with Crippen molar-refractivity contribution >= 4 is 0 Å². The Labute approximate surface area is 110 Å². The molecule has 1 heterocycles. The van der Waals surface area contributed by atoms with Crippen molar-refractivity contribution in [1.82, 2.24) is 10.6 Å². The third-order valence-corrected chi connectivity index (χ3v) is 4.80. The standard InChI is InChI=1S/C16H24N2/c1-16(2)9-7-15(16)18-11-14-13-6-4-3-5-12(13)8-10-17-14/h3-6,14-15,17-18H,7-11H2,1-2H3. The minimum Gasteiger partial charge on any atom is -0.312 e. The largest absolute Gasteiger partial charge is 0.312 e. The fourth-order valence-electron chi connectivity index (χ4n) is 3.28. The Bertz CT molecular complexity index is 425. The lowest BCUT2D eigenvalue weighted by Gasteiger charge is -2.46. The van der Waals surface area contributed by atoms with Crippen LogP contribution in [0, 0.1) is 5.41 Å². The topological polar surface area (TPSA) is 24.1 Å². The first-order valence-corrected chi connectivity index (χ1v) is 7.21. The van der Waals surface area contributed by atoms with E-state index in [1.165, 1.54) is 30.4 Å². The van der Waals surface area contributed by atoms with Crippen molar-refractivity contribution in [2.75, 3.05) is 13.1 Å². The van der Waals surface area contributed by atoms with E-state index in [1.54, 1.807) is 0 Å². The highest BCUT2D eigenvalue weighted by Crippen LogP contribution is 2.40. The second-order valence-electron chi connectivity index (χ2n) is 6.44. The van der Waals surface area contributed by atoms with E-state index in [-0.39, 0.29) is 0 Å². The zero-order valence-corrected chi connectivity index (χ0v) is 11.5. The molecule has 18 heavy (non-hydrogen) atoms. The van der Waals surface area contributed by atoms with Gasteiger partial charge in [-0.05, 0) is 42.3 Å². The van der Waals surface area contributed by atoms with E-state index >= 15 is 0 Å². The first-order chi connectivity index (χ1) is 8.67. The van der Waals surface area contributed by atoms with Gasteiger partial charge in [0.05, 0.1) is 0 Å². The van der Waals surface area contributed by atoms with Crippen LogP contribution in [0.5, 0.6) is 0 Å². The summed E-state index contributed by atoms with van der Waals surface area (Å²) in [7, 11) is 0. The van der Waals surface area contributed by atoms with Crippen molar-refractivity contribution in [3.63, 3.8) is 0 Å². The van der Waals surface area contributed by atoms with Crippen LogP contribution in [0.2, 0.25) is 0 Å². The van der Waals surface area contributed by atoms with Crippen molar-refractivity contribution in [3.8, 4) is 0 Å². The van der Waals surface area contributed by atoms with Gasteiger partial charge in [0.25, 0.3) is 0 Å². The van der Waals surface area contributed by atoms with Crippen LogP contribution in [0.4, 0.5) is 0 Å². The third-order valence-electron chi connectivity index (χ3n) is 4.80.